The molecular formula is C22H25N3O6S. The predicted molar refractivity (Wildman–Crippen MR) is 119 cm³/mol. The Labute approximate surface area is 186 Å². The molecule has 1 fully saturated rings. The van der Waals surface area contributed by atoms with Gasteiger partial charge in [-0.15, -0.1) is 0 Å². The number of carbonyl (C=O) groups excluding carboxylic acids is 1. The van der Waals surface area contributed by atoms with Gasteiger partial charge >= 0.3 is 5.69 Å². The van der Waals surface area contributed by atoms with Gasteiger partial charge in [0.1, 0.15) is 0 Å². The molecule has 32 heavy (non-hydrogen) atoms. The molecule has 2 aromatic carbocycles. The van der Waals surface area contributed by atoms with Crippen molar-refractivity contribution in [3.63, 3.8) is 0 Å². The van der Waals surface area contributed by atoms with E-state index in [2.05, 4.69) is 0 Å². The Bertz CT molecular complexity index is 1160. The van der Waals surface area contributed by atoms with Gasteiger partial charge in [-0.2, -0.15) is 4.31 Å². The van der Waals surface area contributed by atoms with Crippen LogP contribution in [0.25, 0.3) is 0 Å². The zero-order valence-electron chi connectivity index (χ0n) is 17.8. The molecule has 2 aliphatic heterocycles. The number of ether oxygens (including phenoxy) is 1. The van der Waals surface area contributed by atoms with E-state index >= 15 is 0 Å². The molecule has 10 heteroatoms. The van der Waals surface area contributed by atoms with Gasteiger partial charge in [-0.3, -0.25) is 14.9 Å². The largest absolute Gasteiger partial charge is 0.487 e. The fourth-order valence-corrected chi connectivity index (χ4v) is 5.80. The van der Waals surface area contributed by atoms with Crippen LogP contribution in [0, 0.1) is 10.1 Å². The van der Waals surface area contributed by atoms with Gasteiger partial charge in [0.15, 0.2) is 5.75 Å². The van der Waals surface area contributed by atoms with Gasteiger partial charge in [0, 0.05) is 37.0 Å². The molecule has 2 aromatic rings. The SMILES string of the molecule is CCOc1ccc(C(=O)N2CCc3cc(S(=O)(=O)N4CCCCC4)ccc32)cc1[N+](=O)[O-]. The van der Waals surface area contributed by atoms with E-state index in [-0.39, 0.29) is 34.4 Å². The Hall–Kier alpha value is -2.98. The number of rotatable bonds is 6. The molecule has 0 spiro atoms. The molecule has 1 saturated heterocycles. The average molecular weight is 460 g/mol. The lowest BCUT2D eigenvalue weighted by molar-refractivity contribution is -0.385. The van der Waals surface area contributed by atoms with Gasteiger partial charge in [-0.25, -0.2) is 8.42 Å². The van der Waals surface area contributed by atoms with Crippen LogP contribution in [0.5, 0.6) is 5.75 Å². The average Bonchev–Trinajstić information content (AvgIpc) is 3.23. The van der Waals surface area contributed by atoms with E-state index < -0.39 is 14.9 Å². The van der Waals surface area contributed by atoms with E-state index in [1.54, 1.807) is 19.1 Å². The number of benzene rings is 2. The molecule has 1 amide bonds. The first-order chi connectivity index (χ1) is 15.3. The van der Waals surface area contributed by atoms with Crippen LogP contribution < -0.4 is 9.64 Å². The Morgan fingerprint density at radius 2 is 1.84 bits per heavy atom. The summed E-state index contributed by atoms with van der Waals surface area (Å²) < 4.78 is 32.8. The number of amides is 1. The highest BCUT2D eigenvalue weighted by molar-refractivity contribution is 7.89. The minimum Gasteiger partial charge on any atom is -0.487 e. The number of sulfonamides is 1. The summed E-state index contributed by atoms with van der Waals surface area (Å²) in [4.78, 5) is 25.7. The predicted octanol–water partition coefficient (Wildman–Crippen LogP) is 3.37. The van der Waals surface area contributed by atoms with Crippen molar-refractivity contribution in [3.8, 4) is 5.75 Å². The normalized spacial score (nSPS) is 16.6. The molecule has 2 heterocycles. The lowest BCUT2D eigenvalue weighted by atomic mass is 10.1. The van der Waals surface area contributed by atoms with Crippen LogP contribution in [-0.2, 0) is 16.4 Å². The first kappa shape index (κ1) is 22.2. The number of hydrogen-bond acceptors (Lipinski definition) is 6. The molecule has 170 valence electrons. The number of hydrogen-bond donors (Lipinski definition) is 0. The topological polar surface area (TPSA) is 110 Å². The Kier molecular flexibility index (Phi) is 6.16. The fraction of sp³-hybridized carbons (Fsp3) is 0.409. The quantitative estimate of drug-likeness (QED) is 0.484. The molecule has 0 aromatic heterocycles. The molecule has 0 aliphatic carbocycles. The zero-order valence-corrected chi connectivity index (χ0v) is 18.6. The van der Waals surface area contributed by atoms with Crippen LogP contribution in [0.1, 0.15) is 42.1 Å². The van der Waals surface area contributed by atoms with E-state index in [9.17, 15) is 23.3 Å². The van der Waals surface area contributed by atoms with Crippen LogP contribution in [0.4, 0.5) is 11.4 Å². The lowest BCUT2D eigenvalue weighted by Crippen LogP contribution is -2.35. The van der Waals surface area contributed by atoms with E-state index in [0.29, 0.717) is 31.7 Å². The van der Waals surface area contributed by atoms with Gasteiger partial charge < -0.3 is 9.64 Å². The molecule has 0 bridgehead atoms. The monoisotopic (exact) mass is 459 g/mol. The molecule has 4 rings (SSSR count). The van der Waals surface area contributed by atoms with Crippen LogP contribution in [-0.4, -0.2) is 49.8 Å². The third kappa shape index (κ3) is 4.07. The van der Waals surface area contributed by atoms with Crippen molar-refractivity contribution in [2.24, 2.45) is 0 Å². The summed E-state index contributed by atoms with van der Waals surface area (Å²) in [5.74, 6) is -0.259. The van der Waals surface area contributed by atoms with E-state index in [0.717, 1.165) is 24.8 Å². The van der Waals surface area contributed by atoms with E-state index in [1.165, 1.54) is 33.5 Å². The number of nitro benzene ring substituents is 1. The molecule has 0 saturated carbocycles. The van der Waals surface area contributed by atoms with Crippen LogP contribution in [0.2, 0.25) is 0 Å². The van der Waals surface area contributed by atoms with Gasteiger partial charge in [-0.1, -0.05) is 6.42 Å². The number of nitro groups is 1. The van der Waals surface area contributed by atoms with Crippen molar-refractivity contribution in [1.29, 1.82) is 0 Å². The van der Waals surface area contributed by atoms with Crippen LogP contribution in [0.15, 0.2) is 41.3 Å². The van der Waals surface area contributed by atoms with Crippen molar-refractivity contribution in [2.75, 3.05) is 31.1 Å². The Morgan fingerprint density at radius 3 is 2.53 bits per heavy atom. The smallest absolute Gasteiger partial charge is 0.311 e. The van der Waals surface area contributed by atoms with Crippen molar-refractivity contribution in [2.45, 2.75) is 37.5 Å². The number of anilines is 1. The molecule has 0 radical (unpaired) electrons. The maximum atomic E-state index is 13.1. The number of carbonyl (C=O) groups is 1. The highest BCUT2D eigenvalue weighted by Crippen LogP contribution is 2.34. The number of nitrogens with zero attached hydrogens (tertiary/aromatic N) is 3. The molecule has 0 atom stereocenters. The summed E-state index contributed by atoms with van der Waals surface area (Å²) in [5.41, 5.74) is 1.32. The molecule has 0 N–H and O–H groups in total. The summed E-state index contributed by atoms with van der Waals surface area (Å²) in [7, 11) is -3.56. The van der Waals surface area contributed by atoms with E-state index in [4.69, 9.17) is 4.74 Å². The minimum absolute atomic E-state index is 0.114. The third-order valence-electron chi connectivity index (χ3n) is 5.85. The second-order valence-corrected chi connectivity index (χ2v) is 9.77. The van der Waals surface area contributed by atoms with Crippen molar-refractivity contribution in [3.05, 3.63) is 57.6 Å². The first-order valence-corrected chi connectivity index (χ1v) is 12.1. The van der Waals surface area contributed by atoms with Gasteiger partial charge in [0.25, 0.3) is 5.91 Å². The molecule has 0 unspecified atom stereocenters. The van der Waals surface area contributed by atoms with Crippen molar-refractivity contribution >= 4 is 27.3 Å². The number of piperidine rings is 1. The summed E-state index contributed by atoms with van der Waals surface area (Å²) in [5, 5.41) is 11.4. The minimum atomic E-state index is -3.56. The maximum Gasteiger partial charge on any atom is 0.311 e. The standard InChI is InChI=1S/C22H25N3O6S/c1-2-31-21-9-6-17(15-20(21)25(27)28)22(26)24-13-10-16-14-18(7-8-19(16)24)32(29,30)23-11-4-3-5-12-23/h6-9,14-15H,2-5,10-13H2,1H3. The Balaban J connectivity index is 1.60. The van der Waals surface area contributed by atoms with Crippen molar-refractivity contribution in [1.82, 2.24) is 4.31 Å². The number of fused-ring (bicyclic) bond motifs is 1. The summed E-state index contributed by atoms with van der Waals surface area (Å²) in [6, 6.07) is 9.00. The second kappa shape index (κ2) is 8.87. The summed E-state index contributed by atoms with van der Waals surface area (Å²) in [6.45, 7) is 3.43. The van der Waals surface area contributed by atoms with Crippen molar-refractivity contribution < 1.29 is 22.9 Å². The molecular weight excluding hydrogens is 434 g/mol. The second-order valence-electron chi connectivity index (χ2n) is 7.83. The first-order valence-electron chi connectivity index (χ1n) is 10.7. The fourth-order valence-electron chi connectivity index (χ4n) is 4.23. The molecule has 2 aliphatic rings. The lowest BCUT2D eigenvalue weighted by Gasteiger charge is -2.26. The summed E-state index contributed by atoms with van der Waals surface area (Å²) >= 11 is 0. The zero-order chi connectivity index (χ0) is 22.9. The van der Waals surface area contributed by atoms with Crippen LogP contribution in [0.3, 0.4) is 0 Å². The van der Waals surface area contributed by atoms with Gasteiger partial charge in [0.05, 0.1) is 16.4 Å². The third-order valence-corrected chi connectivity index (χ3v) is 7.74. The van der Waals surface area contributed by atoms with Gasteiger partial charge in [0.2, 0.25) is 10.0 Å². The highest BCUT2D eigenvalue weighted by atomic mass is 32.2. The summed E-state index contributed by atoms with van der Waals surface area (Å²) in [6.07, 6.45) is 3.28. The van der Waals surface area contributed by atoms with Gasteiger partial charge in [-0.05, 0) is 62.1 Å². The van der Waals surface area contributed by atoms with Crippen LogP contribution >= 0.6 is 0 Å². The Morgan fingerprint density at radius 1 is 1.09 bits per heavy atom. The molecule has 9 nitrogen and oxygen atoms in total. The van der Waals surface area contributed by atoms with E-state index in [1.807, 2.05) is 0 Å². The highest BCUT2D eigenvalue weighted by Gasteiger charge is 2.31. The maximum absolute atomic E-state index is 13.1.